The van der Waals surface area contributed by atoms with Crippen LogP contribution in [0.5, 0.6) is 0 Å². The summed E-state index contributed by atoms with van der Waals surface area (Å²) in [6, 6.07) is 18.2. The highest BCUT2D eigenvalue weighted by atomic mass is 32.2. The highest BCUT2D eigenvalue weighted by molar-refractivity contribution is 7.98. The number of anilines is 2. The van der Waals surface area contributed by atoms with E-state index < -0.39 is 11.6 Å². The molecule has 5 nitrogen and oxygen atoms in total. The summed E-state index contributed by atoms with van der Waals surface area (Å²) in [5.74, 6) is -0.397. The van der Waals surface area contributed by atoms with Gasteiger partial charge >= 0.3 is 5.97 Å². The van der Waals surface area contributed by atoms with Crippen LogP contribution in [-0.2, 0) is 10.3 Å². The predicted molar refractivity (Wildman–Crippen MR) is 123 cm³/mol. The molecule has 6 heteroatoms. The standard InChI is InChI=1S/C24H25N3O2S/c1-26(2)17-10-8-16(9-11-17)24(20-7-6-14-25-22(20)23(28)29-24)19-13-12-18(27(3)4)15-21(19)30-5/h6-15H,1-5H3. The maximum Gasteiger partial charge on any atom is 0.358 e. The molecule has 1 aromatic heterocycles. The van der Waals surface area contributed by atoms with Crippen molar-refractivity contribution in [1.29, 1.82) is 0 Å². The van der Waals surface area contributed by atoms with Gasteiger partial charge in [0.15, 0.2) is 11.3 Å². The Kier molecular flexibility index (Phi) is 5.20. The van der Waals surface area contributed by atoms with Crippen molar-refractivity contribution < 1.29 is 9.53 Å². The lowest BCUT2D eigenvalue weighted by Crippen LogP contribution is -2.30. The van der Waals surface area contributed by atoms with E-state index in [4.69, 9.17) is 4.74 Å². The fraction of sp³-hybridized carbons (Fsp3) is 0.250. The number of carbonyl (C=O) groups is 1. The molecule has 0 radical (unpaired) electrons. The maximum absolute atomic E-state index is 12.9. The second-order valence-corrected chi connectivity index (χ2v) is 8.54. The van der Waals surface area contributed by atoms with Crippen molar-refractivity contribution in [1.82, 2.24) is 4.98 Å². The Morgan fingerprint density at radius 1 is 0.900 bits per heavy atom. The molecule has 1 aliphatic rings. The zero-order valence-electron chi connectivity index (χ0n) is 17.8. The van der Waals surface area contributed by atoms with E-state index in [1.54, 1.807) is 18.0 Å². The number of carbonyl (C=O) groups excluding carboxylic acids is 1. The maximum atomic E-state index is 12.9. The largest absolute Gasteiger partial charge is 0.439 e. The van der Waals surface area contributed by atoms with Crippen LogP contribution in [0.4, 0.5) is 11.4 Å². The minimum Gasteiger partial charge on any atom is -0.439 e. The van der Waals surface area contributed by atoms with Gasteiger partial charge in [-0.05, 0) is 36.6 Å². The monoisotopic (exact) mass is 419 g/mol. The Bertz CT molecular complexity index is 1100. The smallest absolute Gasteiger partial charge is 0.358 e. The number of rotatable bonds is 5. The molecule has 0 aliphatic carbocycles. The molecule has 1 unspecified atom stereocenters. The molecule has 0 bridgehead atoms. The third-order valence-electron chi connectivity index (χ3n) is 5.50. The molecule has 0 fully saturated rings. The van der Waals surface area contributed by atoms with Crippen molar-refractivity contribution in [3.8, 4) is 0 Å². The van der Waals surface area contributed by atoms with Crippen LogP contribution in [0.2, 0.25) is 0 Å². The summed E-state index contributed by atoms with van der Waals surface area (Å²) in [5.41, 5.74) is 4.14. The molecule has 0 saturated heterocycles. The molecular weight excluding hydrogens is 394 g/mol. The Morgan fingerprint density at radius 2 is 1.57 bits per heavy atom. The highest BCUT2D eigenvalue weighted by Gasteiger charge is 2.50. The molecule has 0 spiro atoms. The molecule has 4 rings (SSSR count). The molecule has 0 saturated carbocycles. The van der Waals surface area contributed by atoms with Crippen LogP contribution in [0.1, 0.15) is 27.2 Å². The number of aromatic nitrogens is 1. The van der Waals surface area contributed by atoms with Crippen LogP contribution >= 0.6 is 11.8 Å². The van der Waals surface area contributed by atoms with Gasteiger partial charge in [0.05, 0.1) is 0 Å². The number of esters is 1. The van der Waals surface area contributed by atoms with E-state index in [2.05, 4.69) is 28.1 Å². The number of hydrogen-bond donors (Lipinski definition) is 0. The fourth-order valence-corrected chi connectivity index (χ4v) is 4.58. The quantitative estimate of drug-likeness (QED) is 0.451. The van der Waals surface area contributed by atoms with Crippen LogP contribution in [0, 0.1) is 0 Å². The second kappa shape index (κ2) is 7.69. The predicted octanol–water partition coefficient (Wildman–Crippen LogP) is 4.40. The van der Waals surface area contributed by atoms with Gasteiger partial charge in [0.2, 0.25) is 0 Å². The normalized spacial score (nSPS) is 17.4. The van der Waals surface area contributed by atoms with E-state index in [1.165, 1.54) is 0 Å². The Balaban J connectivity index is 2.01. The van der Waals surface area contributed by atoms with Gasteiger partial charge in [-0.3, -0.25) is 0 Å². The molecule has 3 aromatic rings. The van der Waals surface area contributed by atoms with Gasteiger partial charge in [0.1, 0.15) is 0 Å². The van der Waals surface area contributed by atoms with Gasteiger partial charge in [-0.25, -0.2) is 9.78 Å². The first-order valence-corrected chi connectivity index (χ1v) is 10.9. The van der Waals surface area contributed by atoms with Crippen molar-refractivity contribution in [2.75, 3.05) is 44.2 Å². The van der Waals surface area contributed by atoms with Crippen molar-refractivity contribution in [2.24, 2.45) is 0 Å². The number of pyridine rings is 1. The lowest BCUT2D eigenvalue weighted by Gasteiger charge is -2.32. The van der Waals surface area contributed by atoms with Crippen molar-refractivity contribution in [3.63, 3.8) is 0 Å². The van der Waals surface area contributed by atoms with E-state index >= 15 is 0 Å². The topological polar surface area (TPSA) is 45.7 Å². The van der Waals surface area contributed by atoms with E-state index in [0.29, 0.717) is 5.69 Å². The number of thioether (sulfide) groups is 1. The first kappa shape index (κ1) is 20.3. The molecular formula is C24H25N3O2S. The molecule has 154 valence electrons. The third-order valence-corrected chi connectivity index (χ3v) is 6.27. The molecule has 30 heavy (non-hydrogen) atoms. The van der Waals surface area contributed by atoms with Crippen LogP contribution in [0.15, 0.2) is 65.7 Å². The average molecular weight is 420 g/mol. The third kappa shape index (κ3) is 3.12. The minimum absolute atomic E-state index is 0.373. The number of nitrogens with zero attached hydrogens (tertiary/aromatic N) is 3. The summed E-state index contributed by atoms with van der Waals surface area (Å²) >= 11 is 1.64. The van der Waals surface area contributed by atoms with Gasteiger partial charge in [0.25, 0.3) is 0 Å². The Labute approximate surface area is 181 Å². The Morgan fingerprint density at radius 3 is 2.20 bits per heavy atom. The van der Waals surface area contributed by atoms with Gasteiger partial charge < -0.3 is 14.5 Å². The van der Waals surface area contributed by atoms with Crippen molar-refractivity contribution in [2.45, 2.75) is 10.5 Å². The van der Waals surface area contributed by atoms with Crippen LogP contribution < -0.4 is 9.80 Å². The minimum atomic E-state index is -1.03. The number of hydrogen-bond acceptors (Lipinski definition) is 6. The average Bonchev–Trinajstić information content (AvgIpc) is 3.07. The molecule has 2 heterocycles. The number of ether oxygens (including phenoxy) is 1. The fourth-order valence-electron chi connectivity index (χ4n) is 3.91. The van der Waals surface area contributed by atoms with Gasteiger partial charge in [-0.1, -0.05) is 24.3 Å². The second-order valence-electron chi connectivity index (χ2n) is 7.69. The zero-order chi connectivity index (χ0) is 21.5. The molecule has 0 amide bonds. The lowest BCUT2D eigenvalue weighted by molar-refractivity contribution is 0.0241. The van der Waals surface area contributed by atoms with Crippen LogP contribution in [0.3, 0.4) is 0 Å². The first-order valence-electron chi connectivity index (χ1n) is 9.71. The SMILES string of the molecule is CSc1cc(N(C)C)ccc1C1(c2ccc(N(C)C)cc2)OC(=O)c2ncccc21. The lowest BCUT2D eigenvalue weighted by atomic mass is 9.80. The first-order chi connectivity index (χ1) is 14.4. The molecule has 2 aromatic carbocycles. The number of fused-ring (bicyclic) bond motifs is 1. The molecule has 0 N–H and O–H groups in total. The summed E-state index contributed by atoms with van der Waals surface area (Å²) < 4.78 is 6.19. The summed E-state index contributed by atoms with van der Waals surface area (Å²) in [4.78, 5) is 22.4. The molecule has 1 aliphatic heterocycles. The summed E-state index contributed by atoms with van der Waals surface area (Å²) in [5, 5.41) is 0. The highest BCUT2D eigenvalue weighted by Crippen LogP contribution is 2.49. The summed E-state index contributed by atoms with van der Waals surface area (Å²) in [7, 11) is 8.05. The van der Waals surface area contributed by atoms with Crippen molar-refractivity contribution in [3.05, 3.63) is 83.2 Å². The van der Waals surface area contributed by atoms with Gasteiger partial charge in [-0.2, -0.15) is 0 Å². The van der Waals surface area contributed by atoms with E-state index in [0.717, 1.165) is 33.0 Å². The number of benzene rings is 2. The zero-order valence-corrected chi connectivity index (χ0v) is 18.7. The summed E-state index contributed by atoms with van der Waals surface area (Å²) in [6.07, 6.45) is 3.68. The number of cyclic esters (lactones) is 1. The molecule has 1 atom stereocenters. The van der Waals surface area contributed by atoms with E-state index in [-0.39, 0.29) is 0 Å². The van der Waals surface area contributed by atoms with E-state index in [9.17, 15) is 4.79 Å². The van der Waals surface area contributed by atoms with Crippen molar-refractivity contribution >= 4 is 29.1 Å². The van der Waals surface area contributed by atoms with Gasteiger partial charge in [-0.15, -0.1) is 11.8 Å². The summed E-state index contributed by atoms with van der Waals surface area (Å²) in [6.45, 7) is 0. The van der Waals surface area contributed by atoms with E-state index in [1.807, 2.05) is 75.7 Å². The van der Waals surface area contributed by atoms with Crippen LogP contribution in [-0.4, -0.2) is 45.4 Å². The van der Waals surface area contributed by atoms with Gasteiger partial charge in [0, 0.05) is 67.3 Å². The Hall–Kier alpha value is -2.99. The van der Waals surface area contributed by atoms with Crippen LogP contribution in [0.25, 0.3) is 0 Å².